The van der Waals surface area contributed by atoms with Crippen molar-refractivity contribution in [2.45, 2.75) is 25.4 Å². The molecule has 24 heavy (non-hydrogen) atoms. The zero-order chi connectivity index (χ0) is 17.2. The molecule has 5 heteroatoms. The van der Waals surface area contributed by atoms with Crippen molar-refractivity contribution in [1.29, 1.82) is 0 Å². The number of benzene rings is 2. The van der Waals surface area contributed by atoms with Gasteiger partial charge in [0, 0.05) is 18.8 Å². The van der Waals surface area contributed by atoms with Gasteiger partial charge in [0.1, 0.15) is 5.75 Å². The Labute approximate surface area is 140 Å². The molecule has 0 bridgehead atoms. The summed E-state index contributed by atoms with van der Waals surface area (Å²) in [6.07, 6.45) is 0. The molecule has 0 amide bonds. The van der Waals surface area contributed by atoms with Gasteiger partial charge in [-0.3, -0.25) is 4.79 Å². The number of fused-ring (bicyclic) bond motifs is 1. The number of rotatable bonds is 5. The van der Waals surface area contributed by atoms with Crippen LogP contribution in [0.15, 0.2) is 54.6 Å². The topological polar surface area (TPSA) is 65.0 Å². The van der Waals surface area contributed by atoms with Gasteiger partial charge in [0.25, 0.3) is 5.79 Å². The van der Waals surface area contributed by atoms with E-state index in [2.05, 4.69) is 0 Å². The molecule has 0 unspecified atom stereocenters. The fourth-order valence-corrected chi connectivity index (χ4v) is 2.99. The van der Waals surface area contributed by atoms with Crippen molar-refractivity contribution in [3.8, 4) is 5.75 Å². The second-order valence-corrected chi connectivity index (χ2v) is 5.42. The van der Waals surface area contributed by atoms with E-state index >= 15 is 0 Å². The third-order valence-corrected chi connectivity index (χ3v) is 3.99. The standard InChI is InChI=1S/C19H20O5/c1-3-22-18(21)17(20)15-12-8-9-13-16(15)24-19(18,23-4-2)14-10-6-5-7-11-14/h5-13,21H,3-4H2,1-2H3/t18-,19+/m0/s1. The molecular weight excluding hydrogens is 308 g/mol. The van der Waals surface area contributed by atoms with Crippen molar-refractivity contribution in [3.63, 3.8) is 0 Å². The minimum absolute atomic E-state index is 0.120. The average Bonchev–Trinajstić information content (AvgIpc) is 2.61. The smallest absolute Gasteiger partial charge is 0.304 e. The first kappa shape index (κ1) is 16.6. The number of ketones is 1. The molecular formula is C19H20O5. The Kier molecular flexibility index (Phi) is 4.41. The van der Waals surface area contributed by atoms with Crippen LogP contribution in [-0.2, 0) is 15.3 Å². The van der Waals surface area contributed by atoms with Crippen LogP contribution in [0.1, 0.15) is 29.8 Å². The lowest BCUT2D eigenvalue weighted by atomic mass is 9.86. The minimum atomic E-state index is -2.28. The first-order chi connectivity index (χ1) is 11.6. The molecule has 0 aliphatic carbocycles. The van der Waals surface area contributed by atoms with Crippen molar-refractivity contribution in [3.05, 3.63) is 65.7 Å². The van der Waals surface area contributed by atoms with Crippen molar-refractivity contribution in [2.75, 3.05) is 13.2 Å². The molecule has 1 heterocycles. The van der Waals surface area contributed by atoms with E-state index in [0.29, 0.717) is 11.3 Å². The number of carbonyl (C=O) groups is 1. The van der Waals surface area contributed by atoms with Crippen LogP contribution in [0.4, 0.5) is 0 Å². The highest BCUT2D eigenvalue weighted by Gasteiger charge is 2.65. The van der Waals surface area contributed by atoms with Crippen LogP contribution in [-0.4, -0.2) is 29.9 Å². The van der Waals surface area contributed by atoms with Gasteiger partial charge in [-0.25, -0.2) is 0 Å². The Morgan fingerprint density at radius 2 is 1.58 bits per heavy atom. The number of carbonyl (C=O) groups excluding carboxylic acids is 1. The monoisotopic (exact) mass is 328 g/mol. The predicted octanol–water partition coefficient (Wildman–Crippen LogP) is 2.88. The van der Waals surface area contributed by atoms with Crippen molar-refractivity contribution >= 4 is 5.78 Å². The molecule has 0 aromatic heterocycles. The maximum Gasteiger partial charge on any atom is 0.304 e. The van der Waals surface area contributed by atoms with Gasteiger partial charge in [0.15, 0.2) is 0 Å². The molecule has 1 aliphatic rings. The molecule has 3 rings (SSSR count). The average molecular weight is 328 g/mol. The summed E-state index contributed by atoms with van der Waals surface area (Å²) in [5.74, 6) is -4.29. The van der Waals surface area contributed by atoms with Crippen LogP contribution in [0.5, 0.6) is 5.75 Å². The quantitative estimate of drug-likeness (QED) is 0.855. The summed E-state index contributed by atoms with van der Waals surface area (Å²) in [5, 5.41) is 11.3. The molecule has 2 aromatic rings. The summed E-state index contributed by atoms with van der Waals surface area (Å²) in [6, 6.07) is 15.6. The fraction of sp³-hybridized carbons (Fsp3) is 0.316. The number of para-hydroxylation sites is 1. The normalized spacial score (nSPS) is 25.9. The van der Waals surface area contributed by atoms with E-state index < -0.39 is 17.4 Å². The van der Waals surface area contributed by atoms with Gasteiger partial charge in [-0.1, -0.05) is 42.5 Å². The Balaban J connectivity index is 2.27. The molecule has 0 radical (unpaired) electrons. The molecule has 0 spiro atoms. The molecule has 2 aromatic carbocycles. The zero-order valence-corrected chi connectivity index (χ0v) is 13.7. The molecule has 0 saturated heterocycles. The Morgan fingerprint density at radius 1 is 0.958 bits per heavy atom. The maximum atomic E-state index is 13.1. The number of hydrogen-bond donors (Lipinski definition) is 1. The maximum absolute atomic E-state index is 13.1. The van der Waals surface area contributed by atoms with Crippen molar-refractivity contribution in [1.82, 2.24) is 0 Å². The Morgan fingerprint density at radius 3 is 2.25 bits per heavy atom. The van der Waals surface area contributed by atoms with E-state index in [0.717, 1.165) is 0 Å². The number of aliphatic hydroxyl groups is 1. The summed E-state index contributed by atoms with van der Waals surface area (Å²) in [7, 11) is 0. The largest absolute Gasteiger partial charge is 0.451 e. The van der Waals surface area contributed by atoms with Crippen LogP contribution in [0.3, 0.4) is 0 Å². The molecule has 0 fully saturated rings. The van der Waals surface area contributed by atoms with Crippen molar-refractivity contribution in [2.24, 2.45) is 0 Å². The van der Waals surface area contributed by atoms with Gasteiger partial charge >= 0.3 is 5.79 Å². The van der Waals surface area contributed by atoms with Crippen LogP contribution >= 0.6 is 0 Å². The van der Waals surface area contributed by atoms with E-state index in [1.54, 1.807) is 62.4 Å². The van der Waals surface area contributed by atoms with Crippen LogP contribution in [0.25, 0.3) is 0 Å². The molecule has 2 atom stereocenters. The predicted molar refractivity (Wildman–Crippen MR) is 87.7 cm³/mol. The summed E-state index contributed by atoms with van der Waals surface area (Å²) in [4.78, 5) is 13.1. The summed E-state index contributed by atoms with van der Waals surface area (Å²) in [6.45, 7) is 3.81. The van der Waals surface area contributed by atoms with Gasteiger partial charge in [0.05, 0.1) is 5.56 Å². The molecule has 1 aliphatic heterocycles. The lowest BCUT2D eigenvalue weighted by Gasteiger charge is -2.47. The van der Waals surface area contributed by atoms with Gasteiger partial charge in [-0.2, -0.15) is 0 Å². The van der Waals surface area contributed by atoms with E-state index in [1.807, 2.05) is 6.07 Å². The van der Waals surface area contributed by atoms with Crippen molar-refractivity contribution < 1.29 is 24.1 Å². The van der Waals surface area contributed by atoms with E-state index in [9.17, 15) is 9.90 Å². The highest BCUT2D eigenvalue weighted by molar-refractivity contribution is 6.05. The molecule has 5 nitrogen and oxygen atoms in total. The fourth-order valence-electron chi connectivity index (χ4n) is 2.99. The van der Waals surface area contributed by atoms with Gasteiger partial charge in [-0.05, 0) is 26.0 Å². The molecule has 0 saturated carbocycles. The second kappa shape index (κ2) is 6.36. The summed E-state index contributed by atoms with van der Waals surface area (Å²) >= 11 is 0. The lowest BCUT2D eigenvalue weighted by molar-refractivity contribution is -0.358. The lowest BCUT2D eigenvalue weighted by Crippen LogP contribution is -2.65. The SMILES string of the molecule is CCO[C@]1(c2ccccc2)Oc2ccccc2C(=O)[C@]1(O)OCC. The zero-order valence-electron chi connectivity index (χ0n) is 13.7. The van der Waals surface area contributed by atoms with Gasteiger partial charge in [0.2, 0.25) is 5.78 Å². The first-order valence-corrected chi connectivity index (χ1v) is 7.97. The third kappa shape index (κ3) is 2.33. The number of Topliss-reactive ketones (excluding diaryl/α,β-unsaturated/α-hetero) is 1. The Hall–Kier alpha value is -2.21. The molecule has 1 N–H and O–H groups in total. The first-order valence-electron chi connectivity index (χ1n) is 7.97. The highest BCUT2D eigenvalue weighted by Crippen LogP contribution is 2.47. The van der Waals surface area contributed by atoms with E-state index in [4.69, 9.17) is 14.2 Å². The summed E-state index contributed by atoms with van der Waals surface area (Å²) in [5.41, 5.74) is 0.769. The minimum Gasteiger partial charge on any atom is -0.451 e. The Bertz CT molecular complexity index is 730. The number of ether oxygens (including phenoxy) is 3. The third-order valence-electron chi connectivity index (χ3n) is 3.99. The second-order valence-electron chi connectivity index (χ2n) is 5.42. The van der Waals surface area contributed by atoms with Crippen LogP contribution in [0, 0.1) is 0 Å². The van der Waals surface area contributed by atoms with E-state index in [-0.39, 0.29) is 18.8 Å². The highest BCUT2D eigenvalue weighted by atomic mass is 16.8. The van der Waals surface area contributed by atoms with Gasteiger partial charge in [-0.15, -0.1) is 0 Å². The van der Waals surface area contributed by atoms with Gasteiger partial charge < -0.3 is 19.3 Å². The van der Waals surface area contributed by atoms with Crippen LogP contribution < -0.4 is 4.74 Å². The van der Waals surface area contributed by atoms with E-state index in [1.165, 1.54) is 0 Å². The molecule has 126 valence electrons. The summed E-state index contributed by atoms with van der Waals surface area (Å²) < 4.78 is 17.4. The van der Waals surface area contributed by atoms with Crippen LogP contribution in [0.2, 0.25) is 0 Å². The number of hydrogen-bond acceptors (Lipinski definition) is 5.